The van der Waals surface area contributed by atoms with Crippen molar-refractivity contribution >= 4 is 11.3 Å². The molecule has 12 heavy (non-hydrogen) atoms. The molecule has 0 atom stereocenters. The van der Waals surface area contributed by atoms with Gasteiger partial charge in [-0.25, -0.2) is 4.39 Å². The van der Waals surface area contributed by atoms with Crippen LogP contribution in [0.5, 0.6) is 0 Å². The van der Waals surface area contributed by atoms with Crippen LogP contribution in [0.4, 0.5) is 4.39 Å². The monoisotopic (exact) mass is 182 g/mol. The van der Waals surface area contributed by atoms with Crippen molar-refractivity contribution in [2.24, 2.45) is 0 Å². The first kappa shape index (κ1) is 7.71. The van der Waals surface area contributed by atoms with E-state index in [0.717, 1.165) is 11.1 Å². The number of fused-ring (bicyclic) bond motifs is 1. The fourth-order valence-electron chi connectivity index (χ4n) is 1.28. The fraction of sp³-hybridized carbons (Fsp3) is 0.111. The number of halogens is 1. The molecule has 0 spiro atoms. The van der Waals surface area contributed by atoms with Gasteiger partial charge in [0.25, 0.3) is 0 Å². The summed E-state index contributed by atoms with van der Waals surface area (Å²) < 4.78 is 13.0. The lowest BCUT2D eigenvalue weighted by Crippen LogP contribution is -1.84. The van der Waals surface area contributed by atoms with E-state index in [1.54, 1.807) is 0 Å². The predicted octanol–water partition coefficient (Wildman–Crippen LogP) is 2.48. The molecule has 0 unspecified atom stereocenters. The number of aliphatic hydroxyl groups excluding tert-OH is 1. The van der Waals surface area contributed by atoms with Crippen LogP contribution in [0.3, 0.4) is 0 Å². The fourth-order valence-corrected chi connectivity index (χ4v) is 1.91. The first-order valence-electron chi connectivity index (χ1n) is 3.57. The molecular formula is C9H7FOS. The van der Waals surface area contributed by atoms with Crippen LogP contribution in [0.2, 0.25) is 0 Å². The maximum Gasteiger partial charge on any atom is 0.129 e. The molecule has 3 heteroatoms. The molecule has 0 radical (unpaired) electrons. The Balaban J connectivity index is 2.71. The van der Waals surface area contributed by atoms with Crippen molar-refractivity contribution in [1.29, 1.82) is 0 Å². The van der Waals surface area contributed by atoms with Crippen LogP contribution in [-0.4, -0.2) is 5.11 Å². The average molecular weight is 182 g/mol. The molecule has 0 aromatic heterocycles. The summed E-state index contributed by atoms with van der Waals surface area (Å²) in [5.41, 5.74) is 2.08. The highest BCUT2D eigenvalue weighted by atomic mass is 32.1. The van der Waals surface area contributed by atoms with E-state index in [0.29, 0.717) is 5.56 Å². The molecule has 1 heterocycles. The summed E-state index contributed by atoms with van der Waals surface area (Å²) in [6, 6.07) is 3.28. The molecule has 62 valence electrons. The second-order valence-electron chi connectivity index (χ2n) is 2.55. The molecule has 0 bridgehead atoms. The van der Waals surface area contributed by atoms with E-state index in [9.17, 15) is 4.39 Å². The Bertz CT molecular complexity index is 369. The van der Waals surface area contributed by atoms with Gasteiger partial charge in [-0.2, -0.15) is 11.3 Å². The highest BCUT2D eigenvalue weighted by molar-refractivity contribution is 7.07. The van der Waals surface area contributed by atoms with Crippen LogP contribution < -0.4 is 0 Å². The zero-order valence-electron chi connectivity index (χ0n) is 6.25. The first-order chi connectivity index (χ1) is 5.83. The van der Waals surface area contributed by atoms with Gasteiger partial charge in [-0.1, -0.05) is 0 Å². The van der Waals surface area contributed by atoms with Gasteiger partial charge in [0.1, 0.15) is 5.82 Å². The Morgan fingerprint density at radius 2 is 2.33 bits per heavy atom. The van der Waals surface area contributed by atoms with E-state index < -0.39 is 0 Å². The summed E-state index contributed by atoms with van der Waals surface area (Å²) in [6.07, 6.45) is 0. The van der Waals surface area contributed by atoms with Gasteiger partial charge in [0.2, 0.25) is 0 Å². The Morgan fingerprint density at radius 3 is 3.08 bits per heavy atom. The highest BCUT2D eigenvalue weighted by Gasteiger charge is 2.13. The number of rotatable bonds is 1. The van der Waals surface area contributed by atoms with Gasteiger partial charge < -0.3 is 5.11 Å². The maximum absolute atomic E-state index is 13.0. The van der Waals surface area contributed by atoms with Crippen LogP contribution in [0.15, 0.2) is 22.9 Å². The summed E-state index contributed by atoms with van der Waals surface area (Å²) >= 11 is 1.52. The van der Waals surface area contributed by atoms with Crippen LogP contribution >= 0.6 is 11.3 Å². The predicted molar refractivity (Wildman–Crippen MR) is 46.8 cm³/mol. The SMILES string of the molecule is OCc1c(F)cc2csccc1-2. The van der Waals surface area contributed by atoms with Crippen molar-refractivity contribution in [1.82, 2.24) is 0 Å². The minimum Gasteiger partial charge on any atom is -0.392 e. The average Bonchev–Trinajstić information content (AvgIpc) is 2.40. The van der Waals surface area contributed by atoms with Gasteiger partial charge in [-0.05, 0) is 34.0 Å². The molecule has 1 N–H and O–H groups in total. The first-order valence-corrected chi connectivity index (χ1v) is 4.51. The normalized spacial score (nSPS) is 10.8. The van der Waals surface area contributed by atoms with Crippen molar-refractivity contribution in [2.75, 3.05) is 0 Å². The Hall–Kier alpha value is -0.930. The van der Waals surface area contributed by atoms with E-state index in [1.807, 2.05) is 16.8 Å². The van der Waals surface area contributed by atoms with E-state index in [1.165, 1.54) is 17.4 Å². The molecule has 1 nitrogen and oxygen atoms in total. The Morgan fingerprint density at radius 1 is 1.50 bits per heavy atom. The summed E-state index contributed by atoms with van der Waals surface area (Å²) in [5.74, 6) is -0.314. The van der Waals surface area contributed by atoms with Gasteiger partial charge in [0.05, 0.1) is 6.61 Å². The number of aliphatic hydroxyl groups is 1. The molecule has 1 aliphatic carbocycles. The molecule has 0 aromatic carbocycles. The quantitative estimate of drug-likeness (QED) is 0.718. The summed E-state index contributed by atoms with van der Waals surface area (Å²) in [7, 11) is 0. The van der Waals surface area contributed by atoms with Gasteiger partial charge >= 0.3 is 0 Å². The molecule has 2 rings (SSSR count). The van der Waals surface area contributed by atoms with E-state index in [-0.39, 0.29) is 12.4 Å². The molecule has 0 fully saturated rings. The number of hydrogen-bond acceptors (Lipinski definition) is 2. The second-order valence-corrected chi connectivity index (χ2v) is 3.33. The Labute approximate surface area is 73.4 Å². The van der Waals surface area contributed by atoms with Crippen LogP contribution in [-0.2, 0) is 6.61 Å². The maximum atomic E-state index is 13.0. The van der Waals surface area contributed by atoms with Crippen LogP contribution in [0, 0.1) is 5.82 Å². The molecule has 0 aromatic rings. The van der Waals surface area contributed by atoms with Gasteiger partial charge in [-0.15, -0.1) is 0 Å². The summed E-state index contributed by atoms with van der Waals surface area (Å²) in [4.78, 5) is 0. The van der Waals surface area contributed by atoms with E-state index in [4.69, 9.17) is 5.11 Å². The van der Waals surface area contributed by atoms with Crippen LogP contribution in [0.1, 0.15) is 5.56 Å². The standard InChI is InChI=1S/C9H7FOS/c10-9-3-6-5-12-2-1-7(6)8(9)4-11/h1-3,5,11H,4H2. The zero-order chi connectivity index (χ0) is 8.55. The van der Waals surface area contributed by atoms with Gasteiger partial charge in [0.15, 0.2) is 0 Å². The van der Waals surface area contributed by atoms with E-state index in [2.05, 4.69) is 0 Å². The molecule has 0 amide bonds. The zero-order valence-corrected chi connectivity index (χ0v) is 7.07. The van der Waals surface area contributed by atoms with E-state index >= 15 is 0 Å². The molecule has 1 aliphatic heterocycles. The lowest BCUT2D eigenvalue weighted by atomic mass is 10.1. The minimum atomic E-state index is -0.314. The summed E-state index contributed by atoms with van der Waals surface area (Å²) in [5, 5.41) is 12.6. The molecular weight excluding hydrogens is 175 g/mol. The molecule has 0 saturated heterocycles. The van der Waals surface area contributed by atoms with Crippen molar-refractivity contribution in [3.63, 3.8) is 0 Å². The largest absolute Gasteiger partial charge is 0.392 e. The van der Waals surface area contributed by atoms with Crippen molar-refractivity contribution < 1.29 is 9.50 Å². The number of hydrogen-bond donors (Lipinski definition) is 1. The topological polar surface area (TPSA) is 20.2 Å². The second kappa shape index (κ2) is 2.84. The van der Waals surface area contributed by atoms with Gasteiger partial charge in [-0.3, -0.25) is 0 Å². The summed E-state index contributed by atoms with van der Waals surface area (Å²) in [6.45, 7) is -0.232. The third-order valence-corrected chi connectivity index (χ3v) is 2.56. The molecule has 2 aliphatic rings. The third-order valence-electron chi connectivity index (χ3n) is 1.87. The smallest absolute Gasteiger partial charge is 0.129 e. The lowest BCUT2D eigenvalue weighted by Gasteiger charge is -1.98. The van der Waals surface area contributed by atoms with Crippen molar-refractivity contribution in [3.8, 4) is 11.1 Å². The third kappa shape index (κ3) is 1.02. The minimum absolute atomic E-state index is 0.232. The van der Waals surface area contributed by atoms with Crippen LogP contribution in [0.25, 0.3) is 11.1 Å². The van der Waals surface area contributed by atoms with Crippen molar-refractivity contribution in [3.05, 3.63) is 34.3 Å². The lowest BCUT2D eigenvalue weighted by molar-refractivity contribution is 0.277. The highest BCUT2D eigenvalue weighted by Crippen LogP contribution is 2.31. The van der Waals surface area contributed by atoms with Crippen molar-refractivity contribution in [2.45, 2.75) is 6.61 Å². The Kier molecular flexibility index (Phi) is 1.83. The van der Waals surface area contributed by atoms with Gasteiger partial charge in [0, 0.05) is 5.56 Å². The molecule has 0 saturated carbocycles.